The van der Waals surface area contributed by atoms with E-state index in [0.29, 0.717) is 10.7 Å². The number of carbonyl (C=O) groups is 2. The number of likely N-dealkylation sites (tertiary alicyclic amines) is 1. The molecule has 6 nitrogen and oxygen atoms in total. The Labute approximate surface area is 144 Å². The van der Waals surface area contributed by atoms with E-state index in [1.54, 1.807) is 30.0 Å². The average Bonchev–Trinajstić information content (AvgIpc) is 3.25. The van der Waals surface area contributed by atoms with E-state index in [4.69, 9.17) is 16.1 Å². The van der Waals surface area contributed by atoms with Crippen molar-refractivity contribution in [3.8, 4) is 11.3 Å². The van der Waals surface area contributed by atoms with E-state index in [1.165, 1.54) is 6.07 Å². The van der Waals surface area contributed by atoms with Gasteiger partial charge in [-0.05, 0) is 31.9 Å². The van der Waals surface area contributed by atoms with Crippen LogP contribution in [0, 0.1) is 0 Å². The van der Waals surface area contributed by atoms with E-state index in [1.807, 2.05) is 6.07 Å². The smallest absolute Gasteiger partial charge is 0.290 e. The van der Waals surface area contributed by atoms with Gasteiger partial charge in [-0.1, -0.05) is 28.9 Å². The molecule has 1 aromatic carbocycles. The predicted molar refractivity (Wildman–Crippen MR) is 89.7 cm³/mol. The van der Waals surface area contributed by atoms with Crippen LogP contribution in [0.25, 0.3) is 11.3 Å². The summed E-state index contributed by atoms with van der Waals surface area (Å²) in [4.78, 5) is 26.2. The molecule has 2 heterocycles. The first-order valence-electron chi connectivity index (χ1n) is 7.87. The van der Waals surface area contributed by atoms with Crippen molar-refractivity contribution in [1.82, 2.24) is 15.4 Å². The predicted octanol–water partition coefficient (Wildman–Crippen LogP) is 2.74. The van der Waals surface area contributed by atoms with Crippen LogP contribution in [0.3, 0.4) is 0 Å². The van der Waals surface area contributed by atoms with Crippen molar-refractivity contribution in [1.29, 1.82) is 0 Å². The maximum atomic E-state index is 12.2. The molecular weight excluding hydrogens is 330 g/mol. The molecule has 7 heteroatoms. The summed E-state index contributed by atoms with van der Waals surface area (Å²) in [7, 11) is 0. The van der Waals surface area contributed by atoms with Crippen LogP contribution < -0.4 is 5.32 Å². The first kappa shape index (κ1) is 16.5. The second kappa shape index (κ2) is 7.05. The minimum absolute atomic E-state index is 0.0612. The number of hydrogen-bond acceptors (Lipinski definition) is 4. The Balaban J connectivity index is 1.66. The Hall–Kier alpha value is -2.34. The quantitative estimate of drug-likeness (QED) is 0.922. The Morgan fingerprint density at radius 1 is 1.29 bits per heavy atom. The van der Waals surface area contributed by atoms with Gasteiger partial charge < -0.3 is 14.7 Å². The summed E-state index contributed by atoms with van der Waals surface area (Å²) >= 11 is 5.95. The molecule has 2 amide bonds. The van der Waals surface area contributed by atoms with Crippen molar-refractivity contribution < 1.29 is 14.1 Å². The van der Waals surface area contributed by atoms with Gasteiger partial charge >= 0.3 is 0 Å². The molecule has 1 aliphatic heterocycles. The number of hydrogen-bond donors (Lipinski definition) is 1. The van der Waals surface area contributed by atoms with Crippen LogP contribution in [0.5, 0.6) is 0 Å². The van der Waals surface area contributed by atoms with Crippen molar-refractivity contribution in [3.63, 3.8) is 0 Å². The molecule has 3 rings (SSSR count). The van der Waals surface area contributed by atoms with Crippen molar-refractivity contribution in [2.75, 3.05) is 13.1 Å². The third-order valence-electron chi connectivity index (χ3n) is 3.99. The van der Waals surface area contributed by atoms with Crippen molar-refractivity contribution in [3.05, 3.63) is 41.1 Å². The van der Waals surface area contributed by atoms with Crippen LogP contribution in [-0.2, 0) is 4.79 Å². The molecule has 0 radical (unpaired) electrons. The van der Waals surface area contributed by atoms with E-state index in [2.05, 4.69) is 10.5 Å². The van der Waals surface area contributed by atoms with E-state index in [0.717, 1.165) is 31.5 Å². The number of aromatic nitrogens is 1. The number of amides is 2. The molecule has 1 aliphatic rings. The fourth-order valence-electron chi connectivity index (χ4n) is 2.71. The maximum Gasteiger partial charge on any atom is 0.290 e. The van der Waals surface area contributed by atoms with Gasteiger partial charge in [0.1, 0.15) is 11.7 Å². The molecule has 1 fully saturated rings. The van der Waals surface area contributed by atoms with Gasteiger partial charge in [0.15, 0.2) is 0 Å². The molecule has 2 aromatic rings. The zero-order valence-electron chi connectivity index (χ0n) is 13.3. The summed E-state index contributed by atoms with van der Waals surface area (Å²) in [6.45, 7) is 3.17. The van der Waals surface area contributed by atoms with E-state index < -0.39 is 11.9 Å². The lowest BCUT2D eigenvalue weighted by Crippen LogP contribution is -2.45. The largest absolute Gasteiger partial charge is 0.350 e. The summed E-state index contributed by atoms with van der Waals surface area (Å²) < 4.78 is 5.10. The van der Waals surface area contributed by atoms with Crippen LogP contribution in [0.15, 0.2) is 34.9 Å². The molecule has 0 saturated carbocycles. The van der Waals surface area contributed by atoms with Gasteiger partial charge in [-0.25, -0.2) is 0 Å². The number of halogens is 1. The minimum atomic E-state index is -0.602. The van der Waals surface area contributed by atoms with Gasteiger partial charge in [0.05, 0.1) is 0 Å². The average molecular weight is 348 g/mol. The summed E-state index contributed by atoms with van der Waals surface area (Å²) in [6, 6.07) is 8.04. The van der Waals surface area contributed by atoms with Gasteiger partial charge in [-0.15, -0.1) is 0 Å². The first-order chi connectivity index (χ1) is 11.5. The Morgan fingerprint density at radius 3 is 2.75 bits per heavy atom. The Morgan fingerprint density at radius 2 is 2.04 bits per heavy atom. The van der Waals surface area contributed by atoms with Gasteiger partial charge in [0.2, 0.25) is 11.7 Å². The summed E-state index contributed by atoms with van der Waals surface area (Å²) in [5.41, 5.74) is 1.27. The van der Waals surface area contributed by atoms with Crippen LogP contribution >= 0.6 is 11.6 Å². The van der Waals surface area contributed by atoms with Crippen LogP contribution in [0.4, 0.5) is 0 Å². The number of carbonyl (C=O) groups excluding carboxylic acids is 2. The molecule has 1 N–H and O–H groups in total. The summed E-state index contributed by atoms with van der Waals surface area (Å²) in [5.74, 6) is -0.475. The lowest BCUT2D eigenvalue weighted by Gasteiger charge is -2.20. The molecular formula is C17H18ClN3O3. The maximum absolute atomic E-state index is 12.2. The fraction of sp³-hybridized carbons (Fsp3) is 0.353. The molecule has 1 aromatic heterocycles. The van der Waals surface area contributed by atoms with E-state index in [9.17, 15) is 9.59 Å². The number of nitrogens with one attached hydrogen (secondary N) is 1. The highest BCUT2D eigenvalue weighted by molar-refractivity contribution is 6.30. The van der Waals surface area contributed by atoms with Gasteiger partial charge in [-0.2, -0.15) is 0 Å². The van der Waals surface area contributed by atoms with E-state index in [-0.39, 0.29) is 11.7 Å². The van der Waals surface area contributed by atoms with Crippen molar-refractivity contribution in [2.45, 2.75) is 25.8 Å². The second-order valence-electron chi connectivity index (χ2n) is 5.81. The zero-order valence-corrected chi connectivity index (χ0v) is 14.0. The Kier molecular flexibility index (Phi) is 4.85. The van der Waals surface area contributed by atoms with Crippen LogP contribution in [-0.4, -0.2) is 41.0 Å². The lowest BCUT2D eigenvalue weighted by atomic mass is 10.1. The topological polar surface area (TPSA) is 75.4 Å². The highest BCUT2D eigenvalue weighted by Gasteiger charge is 2.25. The highest BCUT2D eigenvalue weighted by atomic mass is 35.5. The van der Waals surface area contributed by atoms with Gasteiger partial charge in [-0.3, -0.25) is 9.59 Å². The van der Waals surface area contributed by atoms with Gasteiger partial charge in [0.25, 0.3) is 5.91 Å². The molecule has 0 unspecified atom stereocenters. The lowest BCUT2D eigenvalue weighted by molar-refractivity contribution is -0.131. The van der Waals surface area contributed by atoms with Gasteiger partial charge in [0, 0.05) is 29.7 Å². The third-order valence-corrected chi connectivity index (χ3v) is 4.23. The fourth-order valence-corrected chi connectivity index (χ4v) is 2.90. The minimum Gasteiger partial charge on any atom is -0.350 e. The molecule has 0 spiro atoms. The number of nitrogens with zero attached hydrogens (tertiary/aromatic N) is 2. The molecule has 24 heavy (non-hydrogen) atoms. The highest BCUT2D eigenvalue weighted by Crippen LogP contribution is 2.22. The monoisotopic (exact) mass is 347 g/mol. The molecule has 1 saturated heterocycles. The Bertz CT molecular complexity index is 753. The standard InChI is InChI=1S/C17H18ClN3O3/c1-11(17(23)21-7-2-3-8-21)19-16(22)15-10-14(20-24-15)12-5-4-6-13(18)9-12/h4-6,9-11H,2-3,7-8H2,1H3,(H,19,22)/t11-/m1/s1. The summed E-state index contributed by atoms with van der Waals surface area (Å²) in [5, 5.41) is 7.12. The number of benzene rings is 1. The molecule has 0 bridgehead atoms. The third kappa shape index (κ3) is 3.59. The van der Waals surface area contributed by atoms with Crippen molar-refractivity contribution in [2.24, 2.45) is 0 Å². The van der Waals surface area contributed by atoms with Crippen molar-refractivity contribution >= 4 is 23.4 Å². The van der Waals surface area contributed by atoms with Crippen LogP contribution in [0.2, 0.25) is 5.02 Å². The SMILES string of the molecule is C[C@@H](NC(=O)c1cc(-c2cccc(Cl)c2)no1)C(=O)N1CCCC1. The summed E-state index contributed by atoms with van der Waals surface area (Å²) in [6.07, 6.45) is 2.02. The van der Waals surface area contributed by atoms with E-state index >= 15 is 0 Å². The molecule has 1 atom stereocenters. The second-order valence-corrected chi connectivity index (χ2v) is 6.25. The number of rotatable bonds is 4. The zero-order chi connectivity index (χ0) is 17.1. The molecule has 126 valence electrons. The van der Waals surface area contributed by atoms with Crippen LogP contribution in [0.1, 0.15) is 30.3 Å². The first-order valence-corrected chi connectivity index (χ1v) is 8.24. The molecule has 0 aliphatic carbocycles. The normalized spacial score (nSPS) is 15.3.